The molecule has 7 heteroatoms. The van der Waals surface area contributed by atoms with Crippen molar-refractivity contribution in [3.63, 3.8) is 0 Å². The quantitative estimate of drug-likeness (QED) is 0.731. The number of ether oxygens (including phenoxy) is 1. The molecule has 0 bridgehead atoms. The summed E-state index contributed by atoms with van der Waals surface area (Å²) in [5, 5.41) is 9.06. The third-order valence-electron chi connectivity index (χ3n) is 4.60. The molecule has 0 saturated heterocycles. The van der Waals surface area contributed by atoms with E-state index in [4.69, 9.17) is 10.00 Å². The third-order valence-corrected chi connectivity index (χ3v) is 4.60. The fourth-order valence-corrected chi connectivity index (χ4v) is 3.23. The standard InChI is InChI=1S/C19H13N3O4/c1-21-14-8-11(9-20)6-7-16(14)26-10-15(19(21)25)22-17(23)12-4-2-3-5-13(12)18(22)24/h2-8,15H,10H2,1H3/t15-/m0/s1. The predicted molar refractivity (Wildman–Crippen MR) is 90.8 cm³/mol. The summed E-state index contributed by atoms with van der Waals surface area (Å²) in [6.07, 6.45) is 0. The van der Waals surface area contributed by atoms with Gasteiger partial charge in [0.2, 0.25) is 0 Å². The fraction of sp³-hybridized carbons (Fsp3) is 0.158. The molecule has 2 aliphatic heterocycles. The normalized spacial score (nSPS) is 18.8. The lowest BCUT2D eigenvalue weighted by molar-refractivity contribution is -0.122. The molecule has 2 heterocycles. The Bertz CT molecular complexity index is 973. The summed E-state index contributed by atoms with van der Waals surface area (Å²) in [6.45, 7) is -0.145. The Hall–Kier alpha value is -3.66. The van der Waals surface area contributed by atoms with Crippen molar-refractivity contribution in [2.75, 3.05) is 18.6 Å². The summed E-state index contributed by atoms with van der Waals surface area (Å²) >= 11 is 0. The van der Waals surface area contributed by atoms with Crippen molar-refractivity contribution in [3.05, 3.63) is 59.2 Å². The van der Waals surface area contributed by atoms with Gasteiger partial charge in [-0.25, -0.2) is 0 Å². The van der Waals surface area contributed by atoms with E-state index in [1.165, 1.54) is 18.0 Å². The molecular weight excluding hydrogens is 334 g/mol. The number of hydrogen-bond acceptors (Lipinski definition) is 5. The molecule has 0 unspecified atom stereocenters. The van der Waals surface area contributed by atoms with Gasteiger partial charge in [-0.15, -0.1) is 0 Å². The number of anilines is 1. The van der Waals surface area contributed by atoms with Gasteiger partial charge in [0.05, 0.1) is 28.4 Å². The number of nitrogens with zero attached hydrogens (tertiary/aromatic N) is 3. The largest absolute Gasteiger partial charge is 0.489 e. The molecule has 0 fully saturated rings. The molecule has 128 valence electrons. The highest BCUT2D eigenvalue weighted by Gasteiger charge is 2.45. The molecule has 0 saturated carbocycles. The number of carbonyl (C=O) groups is 3. The lowest BCUT2D eigenvalue weighted by Gasteiger charge is -2.25. The predicted octanol–water partition coefficient (Wildman–Crippen LogP) is 1.58. The Morgan fingerprint density at radius 1 is 1.08 bits per heavy atom. The highest BCUT2D eigenvalue weighted by molar-refractivity contribution is 6.23. The van der Waals surface area contributed by atoms with Crippen molar-refractivity contribution in [1.29, 1.82) is 5.26 Å². The van der Waals surface area contributed by atoms with Crippen LogP contribution in [0.2, 0.25) is 0 Å². The summed E-state index contributed by atoms with van der Waals surface area (Å²) in [6, 6.07) is 12.1. The van der Waals surface area contributed by atoms with Crippen LogP contribution in [0.5, 0.6) is 5.75 Å². The molecule has 0 aliphatic carbocycles. The number of nitriles is 1. The van der Waals surface area contributed by atoms with Gasteiger partial charge < -0.3 is 9.64 Å². The average Bonchev–Trinajstić information content (AvgIpc) is 2.85. The van der Waals surface area contributed by atoms with Gasteiger partial charge in [-0.3, -0.25) is 19.3 Å². The molecule has 3 amide bonds. The fourth-order valence-electron chi connectivity index (χ4n) is 3.23. The van der Waals surface area contributed by atoms with Crippen LogP contribution in [0.25, 0.3) is 0 Å². The van der Waals surface area contributed by atoms with Crippen molar-refractivity contribution in [3.8, 4) is 11.8 Å². The van der Waals surface area contributed by atoms with Crippen molar-refractivity contribution < 1.29 is 19.1 Å². The summed E-state index contributed by atoms with van der Waals surface area (Å²) in [5.74, 6) is -1.05. The van der Waals surface area contributed by atoms with Gasteiger partial charge in [-0.1, -0.05) is 12.1 Å². The molecule has 0 radical (unpaired) electrons. The molecular formula is C19H13N3O4. The first-order valence-electron chi connectivity index (χ1n) is 7.94. The van der Waals surface area contributed by atoms with E-state index in [0.29, 0.717) is 17.0 Å². The summed E-state index contributed by atoms with van der Waals surface area (Å²) < 4.78 is 5.69. The number of benzene rings is 2. The highest BCUT2D eigenvalue weighted by atomic mass is 16.5. The Labute approximate surface area is 149 Å². The Morgan fingerprint density at radius 3 is 2.35 bits per heavy atom. The zero-order valence-electron chi connectivity index (χ0n) is 13.8. The van der Waals surface area contributed by atoms with Gasteiger partial charge in [0.1, 0.15) is 12.4 Å². The molecule has 0 spiro atoms. The number of imide groups is 1. The Kier molecular flexibility index (Phi) is 3.48. The molecule has 2 aliphatic rings. The van der Waals surface area contributed by atoms with Gasteiger partial charge in [-0.2, -0.15) is 5.26 Å². The summed E-state index contributed by atoms with van der Waals surface area (Å²) in [5.41, 5.74) is 1.36. The van der Waals surface area contributed by atoms with Crippen LogP contribution >= 0.6 is 0 Å². The van der Waals surface area contributed by atoms with E-state index in [-0.39, 0.29) is 17.7 Å². The smallest absolute Gasteiger partial charge is 0.262 e. The maximum atomic E-state index is 13.0. The number of amides is 3. The second-order valence-corrected chi connectivity index (χ2v) is 6.04. The Balaban J connectivity index is 1.72. The minimum atomic E-state index is -1.08. The van der Waals surface area contributed by atoms with E-state index in [0.717, 1.165) is 4.90 Å². The van der Waals surface area contributed by atoms with Gasteiger partial charge >= 0.3 is 0 Å². The zero-order chi connectivity index (χ0) is 18.4. The summed E-state index contributed by atoms with van der Waals surface area (Å²) in [7, 11) is 1.53. The van der Waals surface area contributed by atoms with Crippen LogP contribution in [0.4, 0.5) is 5.69 Å². The van der Waals surface area contributed by atoms with E-state index in [1.54, 1.807) is 36.4 Å². The topological polar surface area (TPSA) is 90.7 Å². The first-order chi connectivity index (χ1) is 12.5. The van der Waals surface area contributed by atoms with Gasteiger partial charge in [-0.05, 0) is 30.3 Å². The maximum Gasteiger partial charge on any atom is 0.262 e. The molecule has 1 atom stereocenters. The van der Waals surface area contributed by atoms with Crippen molar-refractivity contribution in [2.24, 2.45) is 0 Å². The minimum absolute atomic E-state index is 0.145. The lowest BCUT2D eigenvalue weighted by Crippen LogP contribution is -2.52. The van der Waals surface area contributed by atoms with E-state index < -0.39 is 23.8 Å². The number of hydrogen-bond donors (Lipinski definition) is 0. The monoisotopic (exact) mass is 347 g/mol. The molecule has 0 N–H and O–H groups in total. The van der Waals surface area contributed by atoms with Crippen LogP contribution in [0.1, 0.15) is 26.3 Å². The number of rotatable bonds is 1. The van der Waals surface area contributed by atoms with Crippen molar-refractivity contribution >= 4 is 23.4 Å². The minimum Gasteiger partial charge on any atom is -0.489 e. The SMILES string of the molecule is CN1C(=O)[C@@H](N2C(=O)c3ccccc3C2=O)COc2ccc(C#N)cc21. The van der Waals surface area contributed by atoms with E-state index in [9.17, 15) is 14.4 Å². The van der Waals surface area contributed by atoms with Gasteiger partial charge in [0, 0.05) is 7.05 Å². The molecule has 4 rings (SSSR count). The molecule has 2 aromatic rings. The van der Waals surface area contributed by atoms with Gasteiger partial charge in [0.15, 0.2) is 6.04 Å². The van der Waals surface area contributed by atoms with E-state index in [1.807, 2.05) is 6.07 Å². The van der Waals surface area contributed by atoms with E-state index >= 15 is 0 Å². The van der Waals surface area contributed by atoms with E-state index in [2.05, 4.69) is 0 Å². The summed E-state index contributed by atoms with van der Waals surface area (Å²) in [4.78, 5) is 40.6. The van der Waals surface area contributed by atoms with Crippen molar-refractivity contribution in [2.45, 2.75) is 6.04 Å². The van der Waals surface area contributed by atoms with Crippen LogP contribution in [0.15, 0.2) is 42.5 Å². The molecule has 7 nitrogen and oxygen atoms in total. The van der Waals surface area contributed by atoms with Crippen LogP contribution < -0.4 is 9.64 Å². The lowest BCUT2D eigenvalue weighted by atomic mass is 10.1. The van der Waals surface area contributed by atoms with Crippen molar-refractivity contribution in [1.82, 2.24) is 4.90 Å². The second-order valence-electron chi connectivity index (χ2n) is 6.04. The second kappa shape index (κ2) is 5.70. The first-order valence-corrected chi connectivity index (χ1v) is 7.94. The van der Waals surface area contributed by atoms with Crippen LogP contribution in [0, 0.1) is 11.3 Å². The van der Waals surface area contributed by atoms with Crippen LogP contribution in [-0.2, 0) is 4.79 Å². The average molecular weight is 347 g/mol. The highest BCUT2D eigenvalue weighted by Crippen LogP contribution is 2.34. The molecule has 0 aromatic heterocycles. The zero-order valence-corrected chi connectivity index (χ0v) is 13.8. The van der Waals surface area contributed by atoms with Crippen LogP contribution in [-0.4, -0.2) is 42.3 Å². The molecule has 26 heavy (non-hydrogen) atoms. The Morgan fingerprint density at radius 2 is 1.73 bits per heavy atom. The maximum absolute atomic E-state index is 13.0. The first kappa shape index (κ1) is 15.8. The number of fused-ring (bicyclic) bond motifs is 2. The third kappa shape index (κ3) is 2.16. The van der Waals surface area contributed by atoms with Crippen LogP contribution in [0.3, 0.4) is 0 Å². The molecule has 2 aromatic carbocycles. The number of carbonyl (C=O) groups excluding carboxylic acids is 3. The van der Waals surface area contributed by atoms with Gasteiger partial charge in [0.25, 0.3) is 17.7 Å². The number of likely N-dealkylation sites (N-methyl/N-ethyl adjacent to an activating group) is 1.